The maximum atomic E-state index is 12.4. The number of piperidine rings is 1. The largest absolute Gasteiger partial charge is 0.444 e. The molecule has 0 saturated carbocycles. The number of nitrogens with one attached hydrogen (secondary N) is 1. The SMILES string of the molecule is CC(C)(C)OC(=O)N1CCC(C(NS(=O)O)c2ccc(CN(C=O)c3cc4ccncc4s3)cc2)CC1. The van der Waals surface area contributed by atoms with Gasteiger partial charge in [-0.05, 0) is 68.2 Å². The van der Waals surface area contributed by atoms with E-state index in [9.17, 15) is 18.4 Å². The maximum Gasteiger partial charge on any atom is 0.410 e. The topological polar surface area (TPSA) is 112 Å². The van der Waals surface area contributed by atoms with Gasteiger partial charge in [-0.25, -0.2) is 13.7 Å². The van der Waals surface area contributed by atoms with Crippen LogP contribution >= 0.6 is 11.3 Å². The number of pyridine rings is 1. The van der Waals surface area contributed by atoms with Crippen molar-refractivity contribution in [2.45, 2.75) is 51.8 Å². The van der Waals surface area contributed by atoms with Gasteiger partial charge in [0.05, 0.1) is 16.2 Å². The van der Waals surface area contributed by atoms with Crippen molar-refractivity contribution < 1.29 is 23.1 Å². The predicted molar refractivity (Wildman–Crippen MR) is 145 cm³/mol. The smallest absolute Gasteiger partial charge is 0.410 e. The maximum absolute atomic E-state index is 12.4. The highest BCUT2D eigenvalue weighted by atomic mass is 32.2. The summed E-state index contributed by atoms with van der Waals surface area (Å²) in [7, 11) is 0. The first-order valence-corrected chi connectivity index (χ1v) is 14.0. The lowest BCUT2D eigenvalue weighted by Gasteiger charge is -2.36. The Labute approximate surface area is 223 Å². The van der Waals surface area contributed by atoms with Crippen molar-refractivity contribution in [1.82, 2.24) is 14.6 Å². The van der Waals surface area contributed by atoms with Gasteiger partial charge in [-0.2, -0.15) is 0 Å². The number of hydrogen-bond acceptors (Lipinski definition) is 6. The Morgan fingerprint density at radius 3 is 2.59 bits per heavy atom. The van der Waals surface area contributed by atoms with Crippen LogP contribution in [0.4, 0.5) is 9.80 Å². The van der Waals surface area contributed by atoms with Crippen LogP contribution in [-0.4, -0.2) is 49.8 Å². The number of amides is 2. The summed E-state index contributed by atoms with van der Waals surface area (Å²) in [5.74, 6) is 0.0688. The average Bonchev–Trinajstić information content (AvgIpc) is 3.29. The van der Waals surface area contributed by atoms with Crippen LogP contribution < -0.4 is 9.62 Å². The molecule has 0 spiro atoms. The molecule has 1 aromatic carbocycles. The lowest BCUT2D eigenvalue weighted by atomic mass is 9.86. The summed E-state index contributed by atoms with van der Waals surface area (Å²) in [6.45, 7) is 6.96. The van der Waals surface area contributed by atoms with Gasteiger partial charge >= 0.3 is 6.09 Å². The number of fused-ring (bicyclic) bond motifs is 1. The molecular weight excluding hydrogens is 512 g/mol. The van der Waals surface area contributed by atoms with Gasteiger partial charge in [0, 0.05) is 31.5 Å². The summed E-state index contributed by atoms with van der Waals surface area (Å²) < 4.78 is 30.6. The minimum atomic E-state index is -2.19. The third-order valence-corrected chi connectivity index (χ3v) is 7.88. The minimum absolute atomic E-state index is 0.0688. The van der Waals surface area contributed by atoms with Crippen LogP contribution in [0.1, 0.15) is 50.8 Å². The first kappa shape index (κ1) is 27.2. The molecule has 3 aromatic rings. The fourth-order valence-corrected chi connectivity index (χ4v) is 6.03. The fourth-order valence-electron chi connectivity index (χ4n) is 4.49. The number of hydrogen-bond donors (Lipinski definition) is 2. The molecule has 0 radical (unpaired) electrons. The molecule has 11 heteroatoms. The highest BCUT2D eigenvalue weighted by molar-refractivity contribution is 7.77. The van der Waals surface area contributed by atoms with E-state index in [0.717, 1.165) is 32.6 Å². The number of rotatable bonds is 8. The summed E-state index contributed by atoms with van der Waals surface area (Å²) in [6, 6.07) is 11.3. The van der Waals surface area contributed by atoms with E-state index in [-0.39, 0.29) is 18.1 Å². The van der Waals surface area contributed by atoms with Crippen molar-refractivity contribution in [2.24, 2.45) is 5.92 Å². The van der Waals surface area contributed by atoms with Crippen LogP contribution in [0.25, 0.3) is 10.1 Å². The van der Waals surface area contributed by atoms with Gasteiger partial charge < -0.3 is 14.5 Å². The first-order valence-electron chi connectivity index (χ1n) is 12.1. The summed E-state index contributed by atoms with van der Waals surface area (Å²) in [4.78, 5) is 31.7. The number of carbonyl (C=O) groups excluding carboxylic acids is 2. The highest BCUT2D eigenvalue weighted by Crippen LogP contribution is 2.34. The Kier molecular flexibility index (Phi) is 8.58. The van der Waals surface area contributed by atoms with E-state index in [2.05, 4.69) is 9.71 Å². The molecule has 2 aromatic heterocycles. The predicted octanol–water partition coefficient (Wildman–Crippen LogP) is 4.87. The van der Waals surface area contributed by atoms with Gasteiger partial charge in [0.1, 0.15) is 5.60 Å². The molecule has 1 aliphatic rings. The molecule has 4 rings (SSSR count). The zero-order valence-corrected chi connectivity index (χ0v) is 22.8. The second kappa shape index (κ2) is 11.7. The molecule has 3 heterocycles. The Morgan fingerprint density at radius 2 is 2.00 bits per heavy atom. The quantitative estimate of drug-likeness (QED) is 0.309. The van der Waals surface area contributed by atoms with Crippen LogP contribution in [0.3, 0.4) is 0 Å². The van der Waals surface area contributed by atoms with Crippen molar-refractivity contribution in [2.75, 3.05) is 18.0 Å². The normalized spacial score (nSPS) is 16.4. The molecule has 2 unspecified atom stereocenters. The molecule has 1 aliphatic heterocycles. The molecule has 2 atom stereocenters. The van der Waals surface area contributed by atoms with E-state index < -0.39 is 16.9 Å². The van der Waals surface area contributed by atoms with E-state index in [1.54, 1.807) is 22.2 Å². The van der Waals surface area contributed by atoms with Gasteiger partial charge in [-0.1, -0.05) is 24.3 Å². The number of benzene rings is 1. The fraction of sp³-hybridized carbons (Fsp3) is 0.423. The molecule has 1 saturated heterocycles. The Hall–Kier alpha value is -2.86. The van der Waals surface area contributed by atoms with Crippen LogP contribution in [-0.2, 0) is 27.3 Å². The van der Waals surface area contributed by atoms with Crippen molar-refractivity contribution in [1.29, 1.82) is 0 Å². The number of likely N-dealkylation sites (tertiary alicyclic amines) is 1. The summed E-state index contributed by atoms with van der Waals surface area (Å²) in [5, 5.41) is 1.88. The molecule has 0 aliphatic carbocycles. The van der Waals surface area contributed by atoms with Gasteiger partial charge in [-0.3, -0.25) is 14.3 Å². The van der Waals surface area contributed by atoms with Crippen LogP contribution in [0.2, 0.25) is 0 Å². The van der Waals surface area contributed by atoms with Crippen molar-refractivity contribution in [3.8, 4) is 0 Å². The molecule has 0 bridgehead atoms. The van der Waals surface area contributed by atoms with E-state index in [1.807, 2.05) is 57.2 Å². The molecular formula is C26H32N4O5S2. The summed E-state index contributed by atoms with van der Waals surface area (Å²) in [5.41, 5.74) is 1.27. The number of anilines is 1. The highest BCUT2D eigenvalue weighted by Gasteiger charge is 2.32. The van der Waals surface area contributed by atoms with E-state index in [4.69, 9.17) is 4.74 Å². The van der Waals surface area contributed by atoms with Crippen molar-refractivity contribution in [3.63, 3.8) is 0 Å². The molecule has 198 valence electrons. The van der Waals surface area contributed by atoms with Crippen molar-refractivity contribution in [3.05, 3.63) is 59.9 Å². The summed E-state index contributed by atoms with van der Waals surface area (Å²) >= 11 is -0.679. The standard InChI is InChI=1S/C26H32N4O5S2/c1-26(2,3)35-25(32)29-12-9-20(10-13-29)24(28-37(33)34)19-6-4-18(5-7-19)16-30(17-31)23-14-21-8-11-27-15-22(21)36-23/h4-8,11,14-15,17,20,24,28H,9-10,12-13,16H2,1-3H3,(H,33,34). The third-order valence-electron chi connectivity index (χ3n) is 6.30. The minimum Gasteiger partial charge on any atom is -0.444 e. The first-order chi connectivity index (χ1) is 17.6. The average molecular weight is 545 g/mol. The van der Waals surface area contributed by atoms with Gasteiger partial charge in [0.15, 0.2) is 0 Å². The Balaban J connectivity index is 1.43. The monoisotopic (exact) mass is 544 g/mol. The molecule has 2 N–H and O–H groups in total. The number of thiophene rings is 1. The third kappa shape index (κ3) is 7.13. The zero-order valence-electron chi connectivity index (χ0n) is 21.1. The number of ether oxygens (including phenoxy) is 1. The van der Waals surface area contributed by atoms with Crippen LogP contribution in [0, 0.1) is 5.92 Å². The summed E-state index contributed by atoms with van der Waals surface area (Å²) in [6.07, 6.45) is 5.36. The van der Waals surface area contributed by atoms with Gasteiger partial charge in [-0.15, -0.1) is 11.3 Å². The van der Waals surface area contributed by atoms with E-state index >= 15 is 0 Å². The molecule has 1 fully saturated rings. The number of aromatic nitrogens is 1. The van der Waals surface area contributed by atoms with Crippen LogP contribution in [0.5, 0.6) is 0 Å². The number of carbonyl (C=O) groups is 2. The Bertz CT molecular complexity index is 1220. The second-order valence-corrected chi connectivity index (χ2v) is 11.9. The van der Waals surface area contributed by atoms with Gasteiger partial charge in [0.25, 0.3) is 0 Å². The zero-order chi connectivity index (χ0) is 26.6. The molecule has 2 amide bonds. The van der Waals surface area contributed by atoms with Gasteiger partial charge in [0.2, 0.25) is 17.7 Å². The Morgan fingerprint density at radius 1 is 1.30 bits per heavy atom. The lowest BCUT2D eigenvalue weighted by molar-refractivity contribution is -0.107. The molecule has 37 heavy (non-hydrogen) atoms. The number of nitrogens with zero attached hydrogens (tertiary/aromatic N) is 3. The second-order valence-electron chi connectivity index (χ2n) is 10.1. The van der Waals surface area contributed by atoms with E-state index in [1.165, 1.54) is 11.3 Å². The van der Waals surface area contributed by atoms with E-state index in [0.29, 0.717) is 32.5 Å². The van der Waals surface area contributed by atoms with Crippen LogP contribution in [0.15, 0.2) is 48.8 Å². The lowest BCUT2D eigenvalue weighted by Crippen LogP contribution is -2.44. The van der Waals surface area contributed by atoms with Crippen molar-refractivity contribution >= 4 is 50.2 Å². The molecule has 9 nitrogen and oxygen atoms in total.